The van der Waals surface area contributed by atoms with E-state index in [-0.39, 0.29) is 18.5 Å². The van der Waals surface area contributed by atoms with E-state index in [0.717, 1.165) is 36.5 Å². The molecule has 0 unspecified atom stereocenters. The van der Waals surface area contributed by atoms with Crippen molar-refractivity contribution in [2.75, 3.05) is 32.5 Å². The lowest BCUT2D eigenvalue weighted by molar-refractivity contribution is 0.0750. The van der Waals surface area contributed by atoms with E-state index >= 15 is 0 Å². The van der Waals surface area contributed by atoms with Crippen molar-refractivity contribution in [2.24, 2.45) is 5.73 Å². The number of benzene rings is 2. The normalized spacial score (nSPS) is 12.9. The molecule has 0 atom stereocenters. The van der Waals surface area contributed by atoms with Gasteiger partial charge >= 0.3 is 0 Å². The predicted molar refractivity (Wildman–Crippen MR) is 147 cm³/mol. The van der Waals surface area contributed by atoms with Gasteiger partial charge in [0, 0.05) is 62.0 Å². The lowest BCUT2D eigenvalue weighted by Gasteiger charge is -2.22. The average molecular weight is 487 g/mol. The Labute approximate surface area is 214 Å². The molecule has 7 nitrogen and oxygen atoms in total. The summed E-state index contributed by atoms with van der Waals surface area (Å²) in [5, 5.41) is 6.63. The fourth-order valence-corrected chi connectivity index (χ4v) is 4.68. The first-order valence-electron chi connectivity index (χ1n) is 12.7. The van der Waals surface area contributed by atoms with Crippen LogP contribution in [-0.4, -0.2) is 53.9 Å². The van der Waals surface area contributed by atoms with Gasteiger partial charge in [-0.25, -0.2) is 4.98 Å². The number of fused-ring (bicyclic) bond motifs is 1. The molecule has 36 heavy (non-hydrogen) atoms. The van der Waals surface area contributed by atoms with Gasteiger partial charge in [0.25, 0.3) is 5.91 Å². The van der Waals surface area contributed by atoms with Crippen molar-refractivity contribution in [1.82, 2.24) is 20.1 Å². The molecular formula is C29H38N6O. The quantitative estimate of drug-likeness (QED) is 0.404. The molecule has 1 amide bonds. The Hall–Kier alpha value is -3.26. The Morgan fingerprint density at radius 2 is 1.83 bits per heavy atom. The van der Waals surface area contributed by atoms with Crippen molar-refractivity contribution in [3.63, 3.8) is 0 Å². The number of nitrogens with two attached hydrogens (primary N) is 1. The van der Waals surface area contributed by atoms with Gasteiger partial charge in [-0.3, -0.25) is 4.79 Å². The summed E-state index contributed by atoms with van der Waals surface area (Å²) in [5.74, 6) is 0.673. The molecule has 3 aromatic rings. The molecule has 0 spiro atoms. The third kappa shape index (κ3) is 5.93. The fraction of sp³-hybridized carbons (Fsp3) is 0.379. The molecule has 4 N–H and O–H groups in total. The molecule has 0 saturated heterocycles. The van der Waals surface area contributed by atoms with Gasteiger partial charge in [0.15, 0.2) is 0 Å². The molecule has 1 aliphatic heterocycles. The van der Waals surface area contributed by atoms with Crippen molar-refractivity contribution in [3.8, 4) is 11.3 Å². The second-order valence-corrected chi connectivity index (χ2v) is 9.86. The van der Waals surface area contributed by atoms with Crippen LogP contribution in [0, 0.1) is 0 Å². The van der Waals surface area contributed by atoms with Crippen molar-refractivity contribution in [2.45, 2.75) is 46.1 Å². The van der Waals surface area contributed by atoms with Crippen LogP contribution in [0.2, 0.25) is 0 Å². The molecule has 0 fully saturated rings. The molecule has 0 aliphatic carbocycles. The van der Waals surface area contributed by atoms with Gasteiger partial charge in [-0.05, 0) is 56.8 Å². The van der Waals surface area contributed by atoms with Crippen molar-refractivity contribution in [3.05, 3.63) is 82.4 Å². The number of carbonyl (C=O) groups excluding carboxylic acids is 1. The van der Waals surface area contributed by atoms with E-state index in [1.165, 1.54) is 16.7 Å². The maximum absolute atomic E-state index is 13.8. The average Bonchev–Trinajstić information content (AvgIpc) is 3.31. The Balaban J connectivity index is 1.70. The number of hydrogen-bond acceptors (Lipinski definition) is 6. The zero-order valence-corrected chi connectivity index (χ0v) is 21.8. The molecular weight excluding hydrogens is 448 g/mol. The number of anilines is 1. The molecule has 0 radical (unpaired) electrons. The monoisotopic (exact) mass is 486 g/mol. The second-order valence-electron chi connectivity index (χ2n) is 9.86. The zero-order chi connectivity index (χ0) is 25.7. The van der Waals surface area contributed by atoms with Crippen LogP contribution in [0.25, 0.3) is 11.3 Å². The molecule has 1 aromatic heterocycles. The number of pyridine rings is 1. The number of nitrogens with zero attached hydrogens (tertiary/aromatic N) is 3. The summed E-state index contributed by atoms with van der Waals surface area (Å²) in [6.07, 6.45) is 0. The summed E-state index contributed by atoms with van der Waals surface area (Å²) >= 11 is 0. The number of carbonyl (C=O) groups is 1. The van der Waals surface area contributed by atoms with E-state index in [4.69, 9.17) is 10.7 Å². The van der Waals surface area contributed by atoms with Crippen LogP contribution in [0.15, 0.2) is 54.6 Å². The lowest BCUT2D eigenvalue weighted by atomic mass is 10.0. The van der Waals surface area contributed by atoms with Gasteiger partial charge < -0.3 is 26.2 Å². The molecule has 7 heteroatoms. The van der Waals surface area contributed by atoms with E-state index in [0.29, 0.717) is 24.5 Å². The number of hydrogen-bond donors (Lipinski definition) is 3. The summed E-state index contributed by atoms with van der Waals surface area (Å²) in [5.41, 5.74) is 12.9. The molecule has 4 rings (SSSR count). The molecule has 1 aliphatic rings. The van der Waals surface area contributed by atoms with E-state index in [1.807, 2.05) is 30.1 Å². The summed E-state index contributed by atoms with van der Waals surface area (Å²) in [6.45, 7) is 8.32. The Bertz CT molecular complexity index is 1180. The Kier molecular flexibility index (Phi) is 8.36. The number of aromatic nitrogens is 1. The van der Waals surface area contributed by atoms with Gasteiger partial charge in [0.1, 0.15) is 5.82 Å². The van der Waals surface area contributed by atoms with E-state index in [9.17, 15) is 4.79 Å². The standard InChI is InChI=1S/C29H38N6O/c1-20(2)32-28-26(16-30)25(29(36)35-18-23-9-5-6-10-24(23)19-35)15-27(33-28)22-11-7-8-21(14-22)17-34(4)13-12-31-3/h5-11,14-15,20,31H,12-13,16-19,30H2,1-4H3,(H,32,33). The lowest BCUT2D eigenvalue weighted by Crippen LogP contribution is -2.28. The first-order chi connectivity index (χ1) is 17.4. The fourth-order valence-electron chi connectivity index (χ4n) is 4.68. The Morgan fingerprint density at radius 3 is 2.47 bits per heavy atom. The molecule has 2 aromatic carbocycles. The highest BCUT2D eigenvalue weighted by atomic mass is 16.2. The zero-order valence-electron chi connectivity index (χ0n) is 21.8. The van der Waals surface area contributed by atoms with Crippen LogP contribution in [0.5, 0.6) is 0 Å². The van der Waals surface area contributed by atoms with E-state index in [2.05, 4.69) is 72.8 Å². The van der Waals surface area contributed by atoms with Crippen molar-refractivity contribution in [1.29, 1.82) is 0 Å². The maximum Gasteiger partial charge on any atom is 0.255 e. The van der Waals surface area contributed by atoms with Crippen LogP contribution in [0.4, 0.5) is 5.82 Å². The van der Waals surface area contributed by atoms with Gasteiger partial charge in [-0.2, -0.15) is 0 Å². The molecule has 2 heterocycles. The molecule has 0 bridgehead atoms. The van der Waals surface area contributed by atoms with Crippen molar-refractivity contribution >= 4 is 11.7 Å². The first-order valence-corrected chi connectivity index (χ1v) is 12.7. The molecule has 190 valence electrons. The van der Waals surface area contributed by atoms with Crippen LogP contribution < -0.4 is 16.4 Å². The third-order valence-electron chi connectivity index (χ3n) is 6.53. The van der Waals surface area contributed by atoms with Crippen LogP contribution in [0.3, 0.4) is 0 Å². The highest BCUT2D eigenvalue weighted by Crippen LogP contribution is 2.30. The van der Waals surface area contributed by atoms with Gasteiger partial charge in [-0.15, -0.1) is 0 Å². The summed E-state index contributed by atoms with van der Waals surface area (Å²) < 4.78 is 0. The maximum atomic E-state index is 13.8. The predicted octanol–water partition coefficient (Wildman–Crippen LogP) is 3.83. The largest absolute Gasteiger partial charge is 0.368 e. The molecule has 0 saturated carbocycles. The minimum Gasteiger partial charge on any atom is -0.368 e. The third-order valence-corrected chi connectivity index (χ3v) is 6.53. The van der Waals surface area contributed by atoms with Gasteiger partial charge in [-0.1, -0.05) is 42.5 Å². The van der Waals surface area contributed by atoms with Crippen molar-refractivity contribution < 1.29 is 4.79 Å². The van der Waals surface area contributed by atoms with E-state index < -0.39 is 0 Å². The van der Waals surface area contributed by atoms with E-state index in [1.54, 1.807) is 0 Å². The summed E-state index contributed by atoms with van der Waals surface area (Å²) in [6, 6.07) is 18.7. The highest BCUT2D eigenvalue weighted by Gasteiger charge is 2.27. The van der Waals surface area contributed by atoms with Gasteiger partial charge in [0.2, 0.25) is 0 Å². The van der Waals surface area contributed by atoms with Crippen LogP contribution >= 0.6 is 0 Å². The van der Waals surface area contributed by atoms with Crippen LogP contribution in [0.1, 0.15) is 46.5 Å². The smallest absolute Gasteiger partial charge is 0.255 e. The Morgan fingerprint density at radius 1 is 1.11 bits per heavy atom. The SMILES string of the molecule is CNCCN(C)Cc1cccc(-c2cc(C(=O)N3Cc4ccccc4C3)c(CN)c(NC(C)C)n2)c1. The minimum absolute atomic E-state index is 0.00920. The summed E-state index contributed by atoms with van der Waals surface area (Å²) in [4.78, 5) is 23.0. The minimum atomic E-state index is -0.00920. The number of likely N-dealkylation sites (N-methyl/N-ethyl adjacent to an activating group) is 2. The highest BCUT2D eigenvalue weighted by molar-refractivity contribution is 5.98. The number of nitrogens with one attached hydrogen (secondary N) is 2. The topological polar surface area (TPSA) is 86.5 Å². The first kappa shape index (κ1) is 25.8. The van der Waals surface area contributed by atoms with Gasteiger partial charge in [0.05, 0.1) is 5.69 Å². The summed E-state index contributed by atoms with van der Waals surface area (Å²) in [7, 11) is 4.08. The number of rotatable bonds is 10. The number of amides is 1. The second kappa shape index (κ2) is 11.6. The van der Waals surface area contributed by atoms with Crippen LogP contribution in [-0.2, 0) is 26.2 Å².